The number of hydrogen-bond acceptors (Lipinski definition) is 7. The number of nitro groups is 1. The van der Waals surface area contributed by atoms with Crippen molar-refractivity contribution in [3.05, 3.63) is 93.8 Å². The van der Waals surface area contributed by atoms with E-state index in [0.29, 0.717) is 11.6 Å². The van der Waals surface area contributed by atoms with Crippen LogP contribution in [0.5, 0.6) is 0 Å². The summed E-state index contributed by atoms with van der Waals surface area (Å²) < 4.78 is 0. The van der Waals surface area contributed by atoms with Crippen LogP contribution in [0.2, 0.25) is 5.02 Å². The van der Waals surface area contributed by atoms with Gasteiger partial charge in [-0.05, 0) is 36.6 Å². The first-order chi connectivity index (χ1) is 16.0. The number of halogens is 1. The number of hydrazine groups is 1. The Morgan fingerprint density at radius 1 is 1.09 bits per heavy atom. The molecule has 0 atom stereocenters. The Hall–Kier alpha value is -4.24. The van der Waals surface area contributed by atoms with Crippen molar-refractivity contribution in [2.24, 2.45) is 0 Å². The van der Waals surface area contributed by atoms with Crippen LogP contribution >= 0.6 is 11.6 Å². The van der Waals surface area contributed by atoms with Gasteiger partial charge in [0.1, 0.15) is 6.33 Å². The molecule has 0 bridgehead atoms. The maximum Gasteiger partial charge on any atom is 0.355 e. The molecule has 4 rings (SSSR count). The number of carbonyl (C=O) groups excluding carboxylic acids is 1. The first kappa shape index (κ1) is 22.0. The first-order valence-corrected chi connectivity index (χ1v) is 10.4. The van der Waals surface area contributed by atoms with Crippen LogP contribution in [0.4, 0.5) is 23.0 Å². The van der Waals surface area contributed by atoms with E-state index in [1.165, 1.54) is 12.4 Å². The molecule has 1 aromatic heterocycles. The summed E-state index contributed by atoms with van der Waals surface area (Å²) in [4.78, 5) is 33.9. The van der Waals surface area contributed by atoms with E-state index in [2.05, 4.69) is 20.8 Å². The fourth-order valence-electron chi connectivity index (χ4n) is 3.52. The molecule has 10 heteroatoms. The molecule has 0 aliphatic heterocycles. The van der Waals surface area contributed by atoms with Crippen LogP contribution in [0.3, 0.4) is 0 Å². The number of benzene rings is 3. The van der Waals surface area contributed by atoms with Crippen LogP contribution in [0.25, 0.3) is 10.8 Å². The lowest BCUT2D eigenvalue weighted by Crippen LogP contribution is -2.30. The molecule has 166 valence electrons. The number of anilines is 3. The van der Waals surface area contributed by atoms with E-state index >= 15 is 0 Å². The quantitative estimate of drug-likeness (QED) is 0.290. The molecular formula is C23H19ClN6O3. The molecule has 0 unspecified atom stereocenters. The van der Waals surface area contributed by atoms with E-state index in [9.17, 15) is 14.9 Å². The normalized spacial score (nSPS) is 10.6. The summed E-state index contributed by atoms with van der Waals surface area (Å²) in [6.07, 6.45) is 1.21. The summed E-state index contributed by atoms with van der Waals surface area (Å²) in [6.45, 7) is 2.29. The maximum atomic E-state index is 12.4. The molecule has 0 saturated carbocycles. The lowest BCUT2D eigenvalue weighted by Gasteiger charge is -2.24. The third-order valence-corrected chi connectivity index (χ3v) is 5.23. The van der Waals surface area contributed by atoms with E-state index in [-0.39, 0.29) is 22.9 Å². The monoisotopic (exact) mass is 462 g/mol. The highest BCUT2D eigenvalue weighted by Crippen LogP contribution is 2.38. The van der Waals surface area contributed by atoms with Crippen molar-refractivity contribution in [2.75, 3.05) is 16.9 Å². The van der Waals surface area contributed by atoms with Gasteiger partial charge in [-0.1, -0.05) is 54.1 Å². The summed E-state index contributed by atoms with van der Waals surface area (Å²) in [7, 11) is 0. The first-order valence-electron chi connectivity index (χ1n) is 10.1. The van der Waals surface area contributed by atoms with E-state index in [4.69, 9.17) is 11.6 Å². The number of fused-ring (bicyclic) bond motifs is 1. The Morgan fingerprint density at radius 2 is 1.85 bits per heavy atom. The Balaban J connectivity index is 1.71. The van der Waals surface area contributed by atoms with Gasteiger partial charge in [0, 0.05) is 22.5 Å². The Bertz CT molecular complexity index is 1340. The lowest BCUT2D eigenvalue weighted by molar-refractivity contribution is -0.383. The second-order valence-corrected chi connectivity index (χ2v) is 7.42. The van der Waals surface area contributed by atoms with Gasteiger partial charge >= 0.3 is 5.69 Å². The van der Waals surface area contributed by atoms with E-state index < -0.39 is 10.8 Å². The van der Waals surface area contributed by atoms with Gasteiger partial charge < -0.3 is 4.90 Å². The SMILES string of the molecule is CCN(c1ncnc(NNC(=O)c2cccc(Cl)c2)c1[N+](=O)[O-])c1cccc2ccccc12. The van der Waals surface area contributed by atoms with Gasteiger partial charge in [0.05, 0.1) is 10.6 Å². The molecule has 3 aromatic carbocycles. The van der Waals surface area contributed by atoms with Crippen LogP contribution in [0, 0.1) is 10.1 Å². The Kier molecular flexibility index (Phi) is 6.32. The van der Waals surface area contributed by atoms with E-state index in [1.54, 1.807) is 23.1 Å². The minimum absolute atomic E-state index is 0.105. The predicted molar refractivity (Wildman–Crippen MR) is 128 cm³/mol. The minimum Gasteiger partial charge on any atom is -0.320 e. The van der Waals surface area contributed by atoms with Gasteiger partial charge in [-0.2, -0.15) is 0 Å². The van der Waals surface area contributed by atoms with Crippen molar-refractivity contribution in [1.29, 1.82) is 0 Å². The molecular weight excluding hydrogens is 444 g/mol. The molecule has 2 N–H and O–H groups in total. The van der Waals surface area contributed by atoms with Crippen molar-refractivity contribution in [2.45, 2.75) is 6.92 Å². The molecule has 0 fully saturated rings. The minimum atomic E-state index is -0.572. The van der Waals surface area contributed by atoms with Crippen molar-refractivity contribution < 1.29 is 9.72 Å². The number of nitrogens with one attached hydrogen (secondary N) is 2. The largest absolute Gasteiger partial charge is 0.355 e. The molecule has 1 amide bonds. The van der Waals surface area contributed by atoms with Crippen LogP contribution in [0.15, 0.2) is 73.1 Å². The van der Waals surface area contributed by atoms with Crippen LogP contribution < -0.4 is 15.8 Å². The molecule has 4 aromatic rings. The van der Waals surface area contributed by atoms with Crippen LogP contribution in [0.1, 0.15) is 17.3 Å². The van der Waals surface area contributed by atoms with Gasteiger partial charge in [-0.15, -0.1) is 0 Å². The summed E-state index contributed by atoms with van der Waals surface area (Å²) in [5.74, 6) is -0.555. The van der Waals surface area contributed by atoms with Crippen molar-refractivity contribution in [1.82, 2.24) is 15.4 Å². The average Bonchev–Trinajstić information content (AvgIpc) is 2.83. The Morgan fingerprint density at radius 3 is 2.61 bits per heavy atom. The van der Waals surface area contributed by atoms with Gasteiger partial charge in [-0.3, -0.25) is 25.8 Å². The zero-order valence-corrected chi connectivity index (χ0v) is 18.3. The predicted octanol–water partition coefficient (Wildman–Crippen LogP) is 5.11. The fraction of sp³-hybridized carbons (Fsp3) is 0.0870. The van der Waals surface area contributed by atoms with Gasteiger partial charge in [0.2, 0.25) is 11.6 Å². The standard InChI is InChI=1S/C23H19ClN6O3/c1-2-29(19-12-6-8-15-7-3-4-11-18(15)19)22-20(30(32)33)21(25-14-26-22)27-28-23(31)16-9-5-10-17(24)13-16/h3-14H,2H2,1H3,(H,28,31)(H,25,26,27). The van der Waals surface area contributed by atoms with Gasteiger partial charge in [0.15, 0.2) is 0 Å². The number of carbonyl (C=O) groups is 1. The molecule has 0 aliphatic rings. The molecule has 0 spiro atoms. The maximum absolute atomic E-state index is 12.4. The van der Waals surface area contributed by atoms with Crippen molar-refractivity contribution in [3.63, 3.8) is 0 Å². The zero-order valence-electron chi connectivity index (χ0n) is 17.5. The number of amides is 1. The van der Waals surface area contributed by atoms with Crippen LogP contribution in [-0.2, 0) is 0 Å². The Labute approximate surface area is 194 Å². The molecule has 33 heavy (non-hydrogen) atoms. The molecule has 0 aliphatic carbocycles. The highest BCUT2D eigenvalue weighted by molar-refractivity contribution is 6.31. The third kappa shape index (κ3) is 4.53. The highest BCUT2D eigenvalue weighted by Gasteiger charge is 2.28. The molecule has 0 saturated heterocycles. The number of aromatic nitrogens is 2. The summed E-state index contributed by atoms with van der Waals surface area (Å²) in [6, 6.07) is 19.8. The second-order valence-electron chi connectivity index (χ2n) is 6.98. The summed E-state index contributed by atoms with van der Waals surface area (Å²) in [5.41, 5.74) is 5.69. The van der Waals surface area contributed by atoms with Gasteiger partial charge in [-0.25, -0.2) is 9.97 Å². The third-order valence-electron chi connectivity index (χ3n) is 5.00. The van der Waals surface area contributed by atoms with Crippen LogP contribution in [-0.4, -0.2) is 27.3 Å². The van der Waals surface area contributed by atoms with Crippen molar-refractivity contribution in [3.8, 4) is 0 Å². The lowest BCUT2D eigenvalue weighted by atomic mass is 10.1. The van der Waals surface area contributed by atoms with E-state index in [1.807, 2.05) is 49.4 Å². The average molecular weight is 463 g/mol. The molecule has 1 heterocycles. The smallest absolute Gasteiger partial charge is 0.320 e. The van der Waals surface area contributed by atoms with E-state index in [0.717, 1.165) is 16.5 Å². The van der Waals surface area contributed by atoms with Crippen molar-refractivity contribution >= 4 is 51.3 Å². The summed E-state index contributed by atoms with van der Waals surface area (Å²) >= 11 is 5.93. The zero-order chi connectivity index (χ0) is 23.4. The summed E-state index contributed by atoms with van der Waals surface area (Å²) in [5, 5.41) is 14.4. The fourth-order valence-corrected chi connectivity index (χ4v) is 3.71. The highest BCUT2D eigenvalue weighted by atomic mass is 35.5. The van der Waals surface area contributed by atoms with Gasteiger partial charge in [0.25, 0.3) is 5.91 Å². The second kappa shape index (κ2) is 9.49. The number of hydrogen-bond donors (Lipinski definition) is 2. The number of nitrogens with zero attached hydrogens (tertiary/aromatic N) is 4. The topological polar surface area (TPSA) is 113 Å². The number of rotatable bonds is 7. The molecule has 9 nitrogen and oxygen atoms in total. The molecule has 0 radical (unpaired) electrons.